The summed E-state index contributed by atoms with van der Waals surface area (Å²) in [6, 6.07) is 8.14. The fourth-order valence-electron chi connectivity index (χ4n) is 3.22. The average Bonchev–Trinajstić information content (AvgIpc) is 3.13. The topological polar surface area (TPSA) is 104 Å². The first-order valence-electron chi connectivity index (χ1n) is 9.07. The van der Waals surface area contributed by atoms with Crippen molar-refractivity contribution in [1.82, 2.24) is 4.98 Å². The molecular formula is C21H21N3O5S. The monoisotopic (exact) mass is 427 g/mol. The number of anilines is 1. The number of aryl methyl sites for hydroxylation is 3. The predicted octanol–water partition coefficient (Wildman–Crippen LogP) is 4.67. The Morgan fingerprint density at radius 2 is 1.87 bits per heavy atom. The second-order valence-corrected chi connectivity index (χ2v) is 7.60. The van der Waals surface area contributed by atoms with Crippen LogP contribution in [0.15, 0.2) is 35.7 Å². The third-order valence-corrected chi connectivity index (χ3v) is 5.16. The molecule has 0 aliphatic carbocycles. The zero-order valence-corrected chi connectivity index (χ0v) is 17.8. The van der Waals surface area contributed by atoms with Gasteiger partial charge in [0.15, 0.2) is 23.2 Å². The molecule has 0 fully saturated rings. The van der Waals surface area contributed by atoms with Gasteiger partial charge in [0.25, 0.3) is 11.6 Å². The van der Waals surface area contributed by atoms with Gasteiger partial charge in [-0.2, -0.15) is 0 Å². The average molecular weight is 427 g/mol. The second kappa shape index (κ2) is 8.91. The zero-order chi connectivity index (χ0) is 21.8. The number of benzene rings is 2. The van der Waals surface area contributed by atoms with E-state index in [0.717, 1.165) is 22.4 Å². The van der Waals surface area contributed by atoms with Crippen molar-refractivity contribution in [1.29, 1.82) is 0 Å². The largest absolute Gasteiger partial charge is 0.493 e. The summed E-state index contributed by atoms with van der Waals surface area (Å²) < 4.78 is 10.6. The quantitative estimate of drug-likeness (QED) is 0.434. The first-order chi connectivity index (χ1) is 14.3. The molecule has 2 aromatic carbocycles. The second-order valence-electron chi connectivity index (χ2n) is 6.74. The van der Waals surface area contributed by atoms with Gasteiger partial charge in [0.05, 0.1) is 23.8 Å². The molecule has 0 saturated carbocycles. The number of nitrogens with one attached hydrogen (secondary N) is 1. The van der Waals surface area contributed by atoms with Crippen LogP contribution in [0.25, 0.3) is 11.3 Å². The standard InChI is InChI=1S/C21H21N3O5S/c1-12-7-13(2)20(14(3)8-12)16-11-30-21(22-16)23-19(25)10-29-18-9-15(24(26)27)5-6-17(18)28-4/h5-9,11H,10H2,1-4H3,(H,22,23,25). The summed E-state index contributed by atoms with van der Waals surface area (Å²) >= 11 is 1.32. The molecule has 0 bridgehead atoms. The van der Waals surface area contributed by atoms with Crippen molar-refractivity contribution in [2.45, 2.75) is 20.8 Å². The zero-order valence-electron chi connectivity index (χ0n) is 17.0. The Bertz CT molecular complexity index is 1090. The summed E-state index contributed by atoms with van der Waals surface area (Å²) in [6.45, 7) is 5.78. The van der Waals surface area contributed by atoms with Gasteiger partial charge in [-0.05, 0) is 38.0 Å². The van der Waals surface area contributed by atoms with E-state index in [1.807, 2.05) is 26.2 Å². The summed E-state index contributed by atoms with van der Waals surface area (Å²) in [6.07, 6.45) is 0. The van der Waals surface area contributed by atoms with Crippen molar-refractivity contribution in [2.75, 3.05) is 19.0 Å². The maximum Gasteiger partial charge on any atom is 0.273 e. The van der Waals surface area contributed by atoms with Crippen LogP contribution in [0.2, 0.25) is 0 Å². The van der Waals surface area contributed by atoms with Gasteiger partial charge in [-0.3, -0.25) is 20.2 Å². The van der Waals surface area contributed by atoms with Gasteiger partial charge in [0.2, 0.25) is 0 Å². The molecular weight excluding hydrogens is 406 g/mol. The highest BCUT2D eigenvalue weighted by atomic mass is 32.1. The smallest absolute Gasteiger partial charge is 0.273 e. The molecule has 0 aliphatic heterocycles. The Hall–Kier alpha value is -3.46. The molecule has 8 nitrogen and oxygen atoms in total. The van der Waals surface area contributed by atoms with Gasteiger partial charge in [-0.1, -0.05) is 17.7 Å². The molecule has 0 saturated heterocycles. The molecule has 0 radical (unpaired) electrons. The highest BCUT2D eigenvalue weighted by molar-refractivity contribution is 7.14. The lowest BCUT2D eigenvalue weighted by Gasteiger charge is -2.10. The maximum absolute atomic E-state index is 12.3. The number of carbonyl (C=O) groups is 1. The molecule has 0 unspecified atom stereocenters. The van der Waals surface area contributed by atoms with Crippen LogP contribution in [0.1, 0.15) is 16.7 Å². The van der Waals surface area contributed by atoms with Crippen LogP contribution in [0, 0.1) is 30.9 Å². The van der Waals surface area contributed by atoms with E-state index in [1.54, 1.807) is 0 Å². The number of hydrogen-bond acceptors (Lipinski definition) is 7. The molecule has 156 valence electrons. The highest BCUT2D eigenvalue weighted by Gasteiger charge is 2.15. The highest BCUT2D eigenvalue weighted by Crippen LogP contribution is 2.32. The van der Waals surface area contributed by atoms with Gasteiger partial charge < -0.3 is 9.47 Å². The van der Waals surface area contributed by atoms with Crippen LogP contribution in [0.3, 0.4) is 0 Å². The lowest BCUT2D eigenvalue weighted by molar-refractivity contribution is -0.385. The molecule has 1 N–H and O–H groups in total. The number of amides is 1. The van der Waals surface area contributed by atoms with E-state index in [1.165, 1.54) is 42.2 Å². The Morgan fingerprint density at radius 1 is 1.17 bits per heavy atom. The predicted molar refractivity (Wildman–Crippen MR) is 116 cm³/mol. The minimum atomic E-state index is -0.543. The van der Waals surface area contributed by atoms with E-state index in [-0.39, 0.29) is 18.0 Å². The van der Waals surface area contributed by atoms with Crippen LogP contribution < -0.4 is 14.8 Å². The lowest BCUT2D eigenvalue weighted by atomic mass is 9.98. The van der Waals surface area contributed by atoms with Crippen molar-refractivity contribution < 1.29 is 19.2 Å². The minimum Gasteiger partial charge on any atom is -0.493 e. The van der Waals surface area contributed by atoms with Crippen molar-refractivity contribution >= 4 is 28.1 Å². The SMILES string of the molecule is COc1ccc([N+](=O)[O-])cc1OCC(=O)Nc1nc(-c2c(C)cc(C)cc2C)cs1. The fraction of sp³-hybridized carbons (Fsp3) is 0.238. The number of thiazole rings is 1. The Kier molecular flexibility index (Phi) is 6.31. The first kappa shape index (κ1) is 21.3. The normalized spacial score (nSPS) is 10.5. The summed E-state index contributed by atoms with van der Waals surface area (Å²) in [7, 11) is 1.42. The van der Waals surface area contributed by atoms with Crippen LogP contribution in [0.5, 0.6) is 11.5 Å². The molecule has 30 heavy (non-hydrogen) atoms. The Balaban J connectivity index is 1.69. The number of nitrogens with zero attached hydrogens (tertiary/aromatic N) is 2. The number of hydrogen-bond donors (Lipinski definition) is 1. The Labute approximate surface area is 177 Å². The van der Waals surface area contributed by atoms with E-state index in [0.29, 0.717) is 10.9 Å². The molecule has 0 aliphatic rings. The van der Waals surface area contributed by atoms with Gasteiger partial charge in [-0.25, -0.2) is 4.98 Å². The van der Waals surface area contributed by atoms with Crippen molar-refractivity contribution in [2.24, 2.45) is 0 Å². The van der Waals surface area contributed by atoms with Gasteiger partial charge >= 0.3 is 0 Å². The van der Waals surface area contributed by atoms with Crippen LogP contribution in [0.4, 0.5) is 10.8 Å². The molecule has 1 heterocycles. The van der Waals surface area contributed by atoms with E-state index >= 15 is 0 Å². The third-order valence-electron chi connectivity index (χ3n) is 4.40. The fourth-order valence-corrected chi connectivity index (χ4v) is 3.94. The van der Waals surface area contributed by atoms with E-state index in [4.69, 9.17) is 9.47 Å². The molecule has 9 heteroatoms. The number of methoxy groups -OCH3 is 1. The molecule has 3 aromatic rings. The van der Waals surface area contributed by atoms with Gasteiger partial charge in [0.1, 0.15) is 0 Å². The van der Waals surface area contributed by atoms with Crippen LogP contribution in [-0.4, -0.2) is 29.5 Å². The number of rotatable bonds is 7. The van der Waals surface area contributed by atoms with E-state index in [2.05, 4.69) is 22.4 Å². The number of ether oxygens (including phenoxy) is 2. The summed E-state index contributed by atoms with van der Waals surface area (Å²) in [5.41, 5.74) is 5.13. The number of nitro benzene ring substituents is 1. The summed E-state index contributed by atoms with van der Waals surface area (Å²) in [4.78, 5) is 27.2. The molecule has 3 rings (SSSR count). The summed E-state index contributed by atoms with van der Waals surface area (Å²) in [5, 5.41) is 16.0. The Morgan fingerprint density at radius 3 is 2.50 bits per heavy atom. The third kappa shape index (κ3) is 4.74. The molecule has 1 amide bonds. The number of nitro groups is 1. The van der Waals surface area contributed by atoms with E-state index < -0.39 is 10.8 Å². The molecule has 0 spiro atoms. The van der Waals surface area contributed by atoms with Gasteiger partial charge in [0, 0.05) is 17.0 Å². The van der Waals surface area contributed by atoms with Crippen LogP contribution >= 0.6 is 11.3 Å². The van der Waals surface area contributed by atoms with Crippen molar-refractivity contribution in [3.05, 3.63) is 62.5 Å². The lowest BCUT2D eigenvalue weighted by Crippen LogP contribution is -2.20. The maximum atomic E-state index is 12.3. The molecule has 1 aromatic heterocycles. The number of carbonyl (C=O) groups excluding carboxylic acids is 1. The molecule has 0 atom stereocenters. The number of aromatic nitrogens is 1. The van der Waals surface area contributed by atoms with E-state index in [9.17, 15) is 14.9 Å². The van der Waals surface area contributed by atoms with Gasteiger partial charge in [-0.15, -0.1) is 11.3 Å². The first-order valence-corrected chi connectivity index (χ1v) is 9.95. The minimum absolute atomic E-state index is 0.118. The van der Waals surface area contributed by atoms with Crippen molar-refractivity contribution in [3.63, 3.8) is 0 Å². The van der Waals surface area contributed by atoms with Crippen LogP contribution in [-0.2, 0) is 4.79 Å². The van der Waals surface area contributed by atoms with Crippen molar-refractivity contribution in [3.8, 4) is 22.8 Å². The summed E-state index contributed by atoms with van der Waals surface area (Å²) in [5.74, 6) is -0.00958. The number of non-ortho nitro benzene ring substituents is 1.